The molecule has 0 bridgehead atoms. The molecule has 2 spiro atoms. The number of epoxide rings is 1. The van der Waals surface area contributed by atoms with Crippen molar-refractivity contribution >= 4 is 17.7 Å². The third-order valence-corrected chi connectivity index (χ3v) is 10.2. The van der Waals surface area contributed by atoms with Crippen molar-refractivity contribution in [3.63, 3.8) is 0 Å². The zero-order valence-electron chi connectivity index (χ0n) is 18.0. The van der Waals surface area contributed by atoms with Gasteiger partial charge in [-0.3, -0.25) is 14.4 Å². The molecular formula is C24H30O6. The first-order valence-electron chi connectivity index (χ1n) is 11.4. The first kappa shape index (κ1) is 19.0. The molecule has 6 heteroatoms. The van der Waals surface area contributed by atoms with Gasteiger partial charge in [0.25, 0.3) is 0 Å². The van der Waals surface area contributed by atoms with Gasteiger partial charge >= 0.3 is 11.9 Å². The highest BCUT2D eigenvalue weighted by atomic mass is 16.6. The number of esters is 2. The maximum Gasteiger partial charge on any atom is 0.312 e. The molecule has 6 nitrogen and oxygen atoms in total. The molecule has 0 aromatic carbocycles. The van der Waals surface area contributed by atoms with E-state index < -0.39 is 17.1 Å². The molecule has 0 N–H and O–H groups in total. The Balaban J connectivity index is 1.50. The van der Waals surface area contributed by atoms with E-state index >= 15 is 0 Å². The highest BCUT2D eigenvalue weighted by molar-refractivity contribution is 5.84. The van der Waals surface area contributed by atoms with Crippen molar-refractivity contribution < 1.29 is 28.6 Å². The third kappa shape index (κ3) is 1.94. The summed E-state index contributed by atoms with van der Waals surface area (Å²) < 4.78 is 17.9. The number of carbonyl (C=O) groups excluding carboxylic acids is 3. The predicted octanol–water partition coefficient (Wildman–Crippen LogP) is 3.12. The van der Waals surface area contributed by atoms with Gasteiger partial charge in [0.05, 0.1) is 19.1 Å². The molecule has 8 atom stereocenters. The number of ether oxygens (including phenoxy) is 3. The molecule has 6 rings (SSSR count). The average molecular weight is 414 g/mol. The number of hydrogen-bond acceptors (Lipinski definition) is 6. The SMILES string of the molecule is COC(=O)C1C=C2CC(=O)CCC2(C)C23OC2CC2(C)C(CCC24CCC(=O)O4)C13. The van der Waals surface area contributed by atoms with Gasteiger partial charge in [0.2, 0.25) is 0 Å². The molecule has 0 aromatic heterocycles. The Morgan fingerprint density at radius 1 is 1.17 bits per heavy atom. The normalized spacial score (nSPS) is 53.2. The van der Waals surface area contributed by atoms with Gasteiger partial charge < -0.3 is 14.2 Å². The van der Waals surface area contributed by atoms with Crippen LogP contribution in [0, 0.1) is 28.6 Å². The highest BCUT2D eigenvalue weighted by Gasteiger charge is 2.83. The topological polar surface area (TPSA) is 82.2 Å². The zero-order chi connectivity index (χ0) is 21.1. The molecule has 0 radical (unpaired) electrons. The van der Waals surface area contributed by atoms with Gasteiger partial charge in [0.1, 0.15) is 17.0 Å². The summed E-state index contributed by atoms with van der Waals surface area (Å²) in [5.74, 6) is -0.292. The monoisotopic (exact) mass is 414 g/mol. The Morgan fingerprint density at radius 3 is 2.67 bits per heavy atom. The van der Waals surface area contributed by atoms with E-state index in [-0.39, 0.29) is 46.5 Å². The summed E-state index contributed by atoms with van der Waals surface area (Å²) in [7, 11) is 1.44. The first-order chi connectivity index (χ1) is 14.2. The van der Waals surface area contributed by atoms with E-state index in [0.717, 1.165) is 37.7 Å². The summed E-state index contributed by atoms with van der Waals surface area (Å²) in [6, 6.07) is 0. The van der Waals surface area contributed by atoms with Gasteiger partial charge in [0.15, 0.2) is 0 Å². The van der Waals surface area contributed by atoms with Gasteiger partial charge in [-0.2, -0.15) is 0 Å². The summed E-state index contributed by atoms with van der Waals surface area (Å²) in [6.07, 6.45) is 7.74. The Morgan fingerprint density at radius 2 is 1.97 bits per heavy atom. The third-order valence-electron chi connectivity index (χ3n) is 10.2. The van der Waals surface area contributed by atoms with Crippen LogP contribution in [0.25, 0.3) is 0 Å². The fourth-order valence-electron chi connectivity index (χ4n) is 8.59. The molecule has 0 aromatic rings. The van der Waals surface area contributed by atoms with Crippen LogP contribution in [0.3, 0.4) is 0 Å². The molecule has 0 amide bonds. The molecule has 4 aliphatic carbocycles. The van der Waals surface area contributed by atoms with E-state index in [1.807, 2.05) is 0 Å². The van der Waals surface area contributed by atoms with Crippen molar-refractivity contribution in [1.82, 2.24) is 0 Å². The molecule has 5 fully saturated rings. The van der Waals surface area contributed by atoms with Gasteiger partial charge in [-0.15, -0.1) is 0 Å². The summed E-state index contributed by atoms with van der Waals surface area (Å²) in [6.45, 7) is 4.50. The number of ketones is 1. The van der Waals surface area contributed by atoms with E-state index in [9.17, 15) is 14.4 Å². The fourth-order valence-corrected chi connectivity index (χ4v) is 8.59. The van der Waals surface area contributed by atoms with Crippen LogP contribution in [0.15, 0.2) is 11.6 Å². The minimum Gasteiger partial charge on any atom is -0.469 e. The Hall–Kier alpha value is -1.69. The maximum absolute atomic E-state index is 13.0. The first-order valence-corrected chi connectivity index (χ1v) is 11.4. The molecule has 3 saturated carbocycles. The number of carbonyl (C=O) groups is 3. The van der Waals surface area contributed by atoms with Gasteiger partial charge in [-0.1, -0.05) is 25.5 Å². The molecular weight excluding hydrogens is 384 g/mol. The number of fused-ring (bicyclic) bond motifs is 4. The van der Waals surface area contributed by atoms with Crippen LogP contribution in [0.4, 0.5) is 0 Å². The molecule has 2 aliphatic heterocycles. The largest absolute Gasteiger partial charge is 0.469 e. The average Bonchev–Trinajstić information content (AvgIpc) is 3.20. The van der Waals surface area contributed by atoms with E-state index in [2.05, 4.69) is 19.9 Å². The molecule has 2 heterocycles. The second-order valence-corrected chi connectivity index (χ2v) is 10.9. The van der Waals surface area contributed by atoms with E-state index in [1.165, 1.54) is 7.11 Å². The Kier molecular flexibility index (Phi) is 3.53. The summed E-state index contributed by atoms with van der Waals surface area (Å²) in [5.41, 5.74) is -0.191. The second-order valence-electron chi connectivity index (χ2n) is 10.9. The Bertz CT molecular complexity index is 907. The summed E-state index contributed by atoms with van der Waals surface area (Å²) in [5, 5.41) is 0. The second kappa shape index (κ2) is 5.56. The number of Topliss-reactive ketones (excluding diaryl/α,β-unsaturated/α-hetero) is 1. The van der Waals surface area contributed by atoms with Gasteiger partial charge in [-0.05, 0) is 38.0 Å². The summed E-state index contributed by atoms with van der Waals surface area (Å²) >= 11 is 0. The molecule has 6 aliphatic rings. The number of methoxy groups -OCH3 is 1. The van der Waals surface area contributed by atoms with Crippen molar-refractivity contribution in [2.75, 3.05) is 7.11 Å². The van der Waals surface area contributed by atoms with Crippen LogP contribution >= 0.6 is 0 Å². The zero-order valence-corrected chi connectivity index (χ0v) is 18.0. The lowest BCUT2D eigenvalue weighted by atomic mass is 9.44. The lowest BCUT2D eigenvalue weighted by Crippen LogP contribution is -2.62. The Labute approximate surface area is 176 Å². The van der Waals surface area contributed by atoms with Crippen molar-refractivity contribution in [2.45, 2.75) is 82.5 Å². The lowest BCUT2D eigenvalue weighted by Gasteiger charge is -2.57. The molecule has 2 saturated heterocycles. The van der Waals surface area contributed by atoms with Crippen molar-refractivity contribution in [1.29, 1.82) is 0 Å². The van der Waals surface area contributed by atoms with Crippen LogP contribution in [0.1, 0.15) is 65.2 Å². The minimum atomic E-state index is -0.430. The standard InChI is InChI=1S/C24H30O6/c1-21-7-4-14(25)10-13(21)11-15(20(27)28-3)19-16-5-8-23(9-6-18(26)30-23)22(16,2)12-17-24(19,21)29-17/h11,15-17,19H,4-10,12H2,1-3H3. The van der Waals surface area contributed by atoms with Crippen LogP contribution in [-0.2, 0) is 28.6 Å². The minimum absolute atomic E-state index is 0.00525. The van der Waals surface area contributed by atoms with E-state index in [0.29, 0.717) is 19.3 Å². The van der Waals surface area contributed by atoms with Crippen LogP contribution in [0.5, 0.6) is 0 Å². The van der Waals surface area contributed by atoms with Crippen molar-refractivity contribution in [3.05, 3.63) is 11.6 Å². The van der Waals surface area contributed by atoms with Gasteiger partial charge in [-0.25, -0.2) is 0 Å². The van der Waals surface area contributed by atoms with Crippen molar-refractivity contribution in [3.8, 4) is 0 Å². The smallest absolute Gasteiger partial charge is 0.312 e. The van der Waals surface area contributed by atoms with Crippen LogP contribution < -0.4 is 0 Å². The van der Waals surface area contributed by atoms with Crippen molar-refractivity contribution in [2.24, 2.45) is 28.6 Å². The highest BCUT2D eigenvalue weighted by Crippen LogP contribution is 2.77. The van der Waals surface area contributed by atoms with Crippen LogP contribution in [-0.4, -0.2) is 42.1 Å². The number of rotatable bonds is 1. The molecule has 30 heavy (non-hydrogen) atoms. The van der Waals surface area contributed by atoms with E-state index in [4.69, 9.17) is 14.2 Å². The molecule has 162 valence electrons. The van der Waals surface area contributed by atoms with Gasteiger partial charge in [0, 0.05) is 36.0 Å². The molecule has 8 unspecified atom stereocenters. The van der Waals surface area contributed by atoms with Crippen LogP contribution in [0.2, 0.25) is 0 Å². The van der Waals surface area contributed by atoms with E-state index in [1.54, 1.807) is 0 Å². The predicted molar refractivity (Wildman–Crippen MR) is 105 cm³/mol. The quantitative estimate of drug-likeness (QED) is 0.372. The lowest BCUT2D eigenvalue weighted by molar-refractivity contribution is -0.169. The maximum atomic E-state index is 13.0. The summed E-state index contributed by atoms with van der Waals surface area (Å²) in [4.78, 5) is 37.4. The fraction of sp³-hybridized carbons (Fsp3) is 0.792. The number of hydrogen-bond donors (Lipinski definition) is 0.